The molecule has 1 aromatic rings. The normalized spacial score (nSPS) is 13.5. The van der Waals surface area contributed by atoms with Crippen LogP contribution >= 0.6 is 38.9 Å². The molecule has 3 heteroatoms. The van der Waals surface area contributed by atoms with Crippen LogP contribution in [0.25, 0.3) is 0 Å². The molecule has 1 unspecified atom stereocenters. The van der Waals surface area contributed by atoms with E-state index >= 15 is 0 Å². The number of alkyl halides is 1. The molecule has 14 heavy (non-hydrogen) atoms. The summed E-state index contributed by atoms with van der Waals surface area (Å²) < 4.78 is 1.24. The summed E-state index contributed by atoms with van der Waals surface area (Å²) in [6.45, 7) is 4.51. The maximum Gasteiger partial charge on any atom is 0.0314 e. The van der Waals surface area contributed by atoms with Crippen molar-refractivity contribution < 1.29 is 0 Å². The van der Waals surface area contributed by atoms with Crippen molar-refractivity contribution >= 4 is 38.9 Å². The molecule has 0 aliphatic heterocycles. The fraction of sp³-hybridized carbons (Fsp3) is 0.636. The Morgan fingerprint density at radius 3 is 2.64 bits per heavy atom. The molecule has 0 radical (unpaired) electrons. The average Bonchev–Trinajstić information content (AvgIpc) is 2.50. The molecule has 0 saturated heterocycles. The van der Waals surface area contributed by atoms with Gasteiger partial charge in [-0.15, -0.1) is 22.9 Å². The smallest absolute Gasteiger partial charge is 0.0314 e. The monoisotopic (exact) mass is 294 g/mol. The van der Waals surface area contributed by atoms with E-state index in [2.05, 4.69) is 41.2 Å². The highest BCUT2D eigenvalue weighted by Gasteiger charge is 2.13. The number of rotatable bonds is 5. The van der Waals surface area contributed by atoms with Gasteiger partial charge in [-0.05, 0) is 52.1 Å². The lowest BCUT2D eigenvalue weighted by Crippen LogP contribution is -2.09. The molecule has 0 saturated carbocycles. The van der Waals surface area contributed by atoms with E-state index in [4.69, 9.17) is 11.6 Å². The molecule has 1 rings (SSSR count). The predicted octanol–water partition coefficient (Wildman–Crippen LogP) is 4.95. The summed E-state index contributed by atoms with van der Waals surface area (Å²) in [6, 6.07) is 2.11. The summed E-state index contributed by atoms with van der Waals surface area (Å²) >= 11 is 11.3. The Bertz CT molecular complexity index is 270. The topological polar surface area (TPSA) is 0 Å². The van der Waals surface area contributed by atoms with E-state index in [9.17, 15) is 0 Å². The van der Waals surface area contributed by atoms with Crippen molar-refractivity contribution in [2.75, 3.05) is 5.88 Å². The van der Waals surface area contributed by atoms with Gasteiger partial charge in [-0.25, -0.2) is 0 Å². The van der Waals surface area contributed by atoms with Crippen LogP contribution < -0.4 is 0 Å². The fourth-order valence-electron chi connectivity index (χ4n) is 1.60. The van der Waals surface area contributed by atoms with Gasteiger partial charge in [-0.2, -0.15) is 0 Å². The van der Waals surface area contributed by atoms with E-state index in [1.165, 1.54) is 15.8 Å². The van der Waals surface area contributed by atoms with Crippen molar-refractivity contribution in [3.05, 3.63) is 20.8 Å². The number of hydrogen-bond acceptors (Lipinski definition) is 1. The lowest BCUT2D eigenvalue weighted by atomic mass is 9.95. The molecule has 0 aliphatic carbocycles. The molecular formula is C11H16BrClS. The molecule has 1 heterocycles. The molecule has 0 N–H and O–H groups in total. The summed E-state index contributed by atoms with van der Waals surface area (Å²) in [4.78, 5) is 1.43. The van der Waals surface area contributed by atoms with Gasteiger partial charge >= 0.3 is 0 Å². The maximum atomic E-state index is 5.97. The molecule has 0 aliphatic rings. The summed E-state index contributed by atoms with van der Waals surface area (Å²) in [7, 11) is 0. The standard InChI is InChI=1S/C11H16BrClS/c1-8(2)5-9(7-13)6-11-10(12)3-4-14-11/h3-4,8-9H,5-7H2,1-2H3. The Morgan fingerprint density at radius 1 is 1.50 bits per heavy atom. The first-order valence-corrected chi connectivity index (χ1v) is 7.12. The Balaban J connectivity index is 2.52. The van der Waals surface area contributed by atoms with Crippen LogP contribution in [0.15, 0.2) is 15.9 Å². The van der Waals surface area contributed by atoms with Gasteiger partial charge in [0.2, 0.25) is 0 Å². The minimum Gasteiger partial charge on any atom is -0.148 e. The third-order valence-corrected chi connectivity index (χ3v) is 4.57. The van der Waals surface area contributed by atoms with Crippen molar-refractivity contribution in [3.8, 4) is 0 Å². The van der Waals surface area contributed by atoms with Crippen molar-refractivity contribution in [1.29, 1.82) is 0 Å². The van der Waals surface area contributed by atoms with Crippen LogP contribution in [0.5, 0.6) is 0 Å². The van der Waals surface area contributed by atoms with Crippen molar-refractivity contribution in [2.45, 2.75) is 26.7 Å². The zero-order valence-corrected chi connectivity index (χ0v) is 11.8. The number of halogens is 2. The molecule has 0 amide bonds. The van der Waals surface area contributed by atoms with Crippen LogP contribution in [0.2, 0.25) is 0 Å². The van der Waals surface area contributed by atoms with Gasteiger partial charge in [0.25, 0.3) is 0 Å². The molecule has 80 valence electrons. The molecule has 0 bridgehead atoms. The molecular weight excluding hydrogens is 280 g/mol. The zero-order valence-electron chi connectivity index (χ0n) is 8.59. The van der Waals surface area contributed by atoms with E-state index < -0.39 is 0 Å². The SMILES string of the molecule is CC(C)CC(CCl)Cc1sccc1Br. The van der Waals surface area contributed by atoms with Gasteiger partial charge in [0.1, 0.15) is 0 Å². The van der Waals surface area contributed by atoms with E-state index in [1.807, 2.05) is 11.3 Å². The first-order valence-electron chi connectivity index (χ1n) is 4.91. The van der Waals surface area contributed by atoms with Crippen LogP contribution in [0.4, 0.5) is 0 Å². The lowest BCUT2D eigenvalue weighted by Gasteiger charge is -2.15. The van der Waals surface area contributed by atoms with Gasteiger partial charge in [0.15, 0.2) is 0 Å². The predicted molar refractivity (Wildman–Crippen MR) is 69.4 cm³/mol. The zero-order chi connectivity index (χ0) is 10.6. The average molecular weight is 296 g/mol. The van der Waals surface area contributed by atoms with Crippen LogP contribution in [0.3, 0.4) is 0 Å². The van der Waals surface area contributed by atoms with E-state index in [0.29, 0.717) is 5.92 Å². The summed E-state index contributed by atoms with van der Waals surface area (Å²) in [5.41, 5.74) is 0. The quantitative estimate of drug-likeness (QED) is 0.674. The maximum absolute atomic E-state index is 5.97. The second-order valence-electron chi connectivity index (χ2n) is 4.05. The Kier molecular flexibility index (Phi) is 5.50. The van der Waals surface area contributed by atoms with Crippen molar-refractivity contribution in [3.63, 3.8) is 0 Å². The number of thiophene rings is 1. The van der Waals surface area contributed by atoms with Crippen LogP contribution in [0, 0.1) is 11.8 Å². The van der Waals surface area contributed by atoms with Crippen molar-refractivity contribution in [1.82, 2.24) is 0 Å². The molecule has 1 aromatic heterocycles. The molecule has 1 atom stereocenters. The van der Waals surface area contributed by atoms with Gasteiger partial charge in [-0.1, -0.05) is 13.8 Å². The minimum atomic E-state index is 0.617. The van der Waals surface area contributed by atoms with E-state index in [-0.39, 0.29) is 0 Å². The minimum absolute atomic E-state index is 0.617. The van der Waals surface area contributed by atoms with Gasteiger partial charge in [0, 0.05) is 15.2 Å². The second kappa shape index (κ2) is 6.14. The summed E-state index contributed by atoms with van der Waals surface area (Å²) in [6.07, 6.45) is 2.33. The third-order valence-electron chi connectivity index (χ3n) is 2.19. The Hall–Kier alpha value is 0.470. The highest BCUT2D eigenvalue weighted by Crippen LogP contribution is 2.28. The Morgan fingerprint density at radius 2 is 2.21 bits per heavy atom. The first-order chi connectivity index (χ1) is 6.63. The molecule has 0 nitrogen and oxygen atoms in total. The van der Waals surface area contributed by atoms with E-state index in [1.54, 1.807) is 0 Å². The Labute approximate surface area is 104 Å². The van der Waals surface area contributed by atoms with Crippen LogP contribution in [0.1, 0.15) is 25.1 Å². The highest BCUT2D eigenvalue weighted by atomic mass is 79.9. The first kappa shape index (κ1) is 12.5. The van der Waals surface area contributed by atoms with Crippen LogP contribution in [-0.4, -0.2) is 5.88 Å². The molecule has 0 aromatic carbocycles. The highest BCUT2D eigenvalue weighted by molar-refractivity contribution is 9.10. The molecule has 0 spiro atoms. The summed E-state index contributed by atoms with van der Waals surface area (Å²) in [5.74, 6) is 2.12. The molecule has 0 fully saturated rings. The fourth-order valence-corrected chi connectivity index (χ4v) is 3.47. The second-order valence-corrected chi connectivity index (χ2v) is 6.21. The lowest BCUT2D eigenvalue weighted by molar-refractivity contribution is 0.443. The largest absolute Gasteiger partial charge is 0.148 e. The third kappa shape index (κ3) is 3.92. The summed E-state index contributed by atoms with van der Waals surface area (Å²) in [5, 5.41) is 2.13. The number of hydrogen-bond donors (Lipinski definition) is 0. The van der Waals surface area contributed by atoms with Crippen molar-refractivity contribution in [2.24, 2.45) is 11.8 Å². The van der Waals surface area contributed by atoms with Crippen LogP contribution in [-0.2, 0) is 6.42 Å². The van der Waals surface area contributed by atoms with Gasteiger partial charge < -0.3 is 0 Å². The van der Waals surface area contributed by atoms with E-state index in [0.717, 1.165) is 18.2 Å². The van der Waals surface area contributed by atoms with Gasteiger partial charge in [0.05, 0.1) is 0 Å². The van der Waals surface area contributed by atoms with Gasteiger partial charge in [-0.3, -0.25) is 0 Å².